The first-order valence-corrected chi connectivity index (χ1v) is 5.35. The van der Waals surface area contributed by atoms with Gasteiger partial charge in [-0.2, -0.15) is 0 Å². The van der Waals surface area contributed by atoms with E-state index in [0.29, 0.717) is 11.7 Å². The fraction of sp³-hybridized carbons (Fsp3) is 0. The number of rotatable bonds is 4. The molecule has 2 aromatic carbocycles. The van der Waals surface area contributed by atoms with E-state index in [-0.39, 0.29) is 11.3 Å². The molecule has 5 heteroatoms. The predicted octanol–water partition coefficient (Wildman–Crippen LogP) is 1.40. The van der Waals surface area contributed by atoms with Crippen molar-refractivity contribution in [2.75, 3.05) is 0 Å². The van der Waals surface area contributed by atoms with E-state index in [0.717, 1.165) is 0 Å². The van der Waals surface area contributed by atoms with Crippen LogP contribution in [0, 0.1) is 5.82 Å². The second-order valence-electron chi connectivity index (χ2n) is 3.66. The number of hydrogen-bond donors (Lipinski definition) is 1. The average Bonchev–Trinajstić information content (AvgIpc) is 2.42. The minimum atomic E-state index is -1.28. The van der Waals surface area contributed by atoms with Gasteiger partial charge in [-0.1, -0.05) is 36.4 Å². The van der Waals surface area contributed by atoms with Gasteiger partial charge in [0.15, 0.2) is 12.1 Å². The Hall–Kier alpha value is -2.14. The van der Waals surface area contributed by atoms with Crippen LogP contribution < -0.4 is 10.1 Å². The lowest BCUT2D eigenvalue weighted by molar-refractivity contribution is 0.111. The van der Waals surface area contributed by atoms with E-state index >= 15 is 0 Å². The summed E-state index contributed by atoms with van der Waals surface area (Å²) in [4.78, 5) is 10.6. The SMILES string of the molecule is O=Cc1cccc(OB(O)c2ccccc2)c1F. The van der Waals surface area contributed by atoms with E-state index in [1.165, 1.54) is 18.2 Å². The molecule has 0 amide bonds. The Morgan fingerprint density at radius 3 is 2.50 bits per heavy atom. The third-order valence-electron chi connectivity index (χ3n) is 2.44. The lowest BCUT2D eigenvalue weighted by Crippen LogP contribution is -2.36. The van der Waals surface area contributed by atoms with E-state index in [1.54, 1.807) is 30.3 Å². The molecule has 0 unspecified atom stereocenters. The van der Waals surface area contributed by atoms with Crippen LogP contribution in [-0.4, -0.2) is 18.4 Å². The maximum Gasteiger partial charge on any atom is 0.560 e. The summed E-state index contributed by atoms with van der Waals surface area (Å²) in [5, 5.41) is 9.78. The van der Waals surface area contributed by atoms with Crippen LogP contribution >= 0.6 is 0 Å². The van der Waals surface area contributed by atoms with Gasteiger partial charge in [-0.15, -0.1) is 0 Å². The summed E-state index contributed by atoms with van der Waals surface area (Å²) in [6.07, 6.45) is 0.400. The molecule has 0 spiro atoms. The first-order valence-electron chi connectivity index (χ1n) is 5.35. The molecule has 0 saturated carbocycles. The highest BCUT2D eigenvalue weighted by molar-refractivity contribution is 6.60. The summed E-state index contributed by atoms with van der Waals surface area (Å²) >= 11 is 0. The zero-order valence-corrected chi connectivity index (χ0v) is 9.42. The second kappa shape index (κ2) is 5.47. The summed E-state index contributed by atoms with van der Waals surface area (Å²) in [5.74, 6) is -0.932. The number of halogens is 1. The maximum atomic E-state index is 13.7. The van der Waals surface area contributed by atoms with Gasteiger partial charge in [-0.25, -0.2) is 4.39 Å². The lowest BCUT2D eigenvalue weighted by atomic mass is 9.79. The standard InChI is InChI=1S/C13H10BFO3/c15-13-10(9-16)5-4-8-12(13)18-14(17)11-6-2-1-3-7-11/h1-9,17H. The smallest absolute Gasteiger partial charge is 0.530 e. The molecule has 2 aromatic rings. The molecule has 0 atom stereocenters. The van der Waals surface area contributed by atoms with Crippen molar-refractivity contribution in [3.63, 3.8) is 0 Å². The van der Waals surface area contributed by atoms with Crippen molar-refractivity contribution in [1.29, 1.82) is 0 Å². The highest BCUT2D eigenvalue weighted by Gasteiger charge is 2.20. The summed E-state index contributed by atoms with van der Waals surface area (Å²) in [5.41, 5.74) is 0.404. The van der Waals surface area contributed by atoms with Crippen molar-refractivity contribution in [3.05, 3.63) is 59.9 Å². The lowest BCUT2D eigenvalue weighted by Gasteiger charge is -2.11. The Morgan fingerprint density at radius 1 is 1.11 bits per heavy atom. The van der Waals surface area contributed by atoms with Gasteiger partial charge in [0.05, 0.1) is 5.56 Å². The molecular formula is C13H10BFO3. The highest BCUT2D eigenvalue weighted by atomic mass is 19.1. The minimum Gasteiger partial charge on any atom is -0.530 e. The Bertz CT molecular complexity index is 545. The van der Waals surface area contributed by atoms with Crippen LogP contribution in [0.25, 0.3) is 0 Å². The highest BCUT2D eigenvalue weighted by Crippen LogP contribution is 2.19. The van der Waals surface area contributed by atoms with Gasteiger partial charge in [0.1, 0.15) is 5.75 Å². The number of benzene rings is 2. The van der Waals surface area contributed by atoms with Crippen LogP contribution in [0.1, 0.15) is 10.4 Å². The van der Waals surface area contributed by atoms with Gasteiger partial charge >= 0.3 is 7.12 Å². The number of carbonyl (C=O) groups excluding carboxylic acids is 1. The second-order valence-corrected chi connectivity index (χ2v) is 3.66. The van der Waals surface area contributed by atoms with Crippen LogP contribution in [0.2, 0.25) is 0 Å². The van der Waals surface area contributed by atoms with E-state index < -0.39 is 12.9 Å². The van der Waals surface area contributed by atoms with Gasteiger partial charge in [-0.3, -0.25) is 4.79 Å². The summed E-state index contributed by atoms with van der Waals surface area (Å²) < 4.78 is 18.8. The van der Waals surface area contributed by atoms with E-state index in [4.69, 9.17) is 4.65 Å². The minimum absolute atomic E-state index is 0.104. The van der Waals surface area contributed by atoms with Crippen LogP contribution in [0.5, 0.6) is 5.75 Å². The first kappa shape index (κ1) is 12.3. The molecule has 0 aliphatic heterocycles. The van der Waals surface area contributed by atoms with E-state index in [2.05, 4.69) is 0 Å². The Morgan fingerprint density at radius 2 is 1.83 bits per heavy atom. The molecule has 3 nitrogen and oxygen atoms in total. The Labute approximate surface area is 104 Å². The molecule has 0 saturated heterocycles. The van der Waals surface area contributed by atoms with Gasteiger partial charge in [0.25, 0.3) is 0 Å². The topological polar surface area (TPSA) is 46.5 Å². The van der Waals surface area contributed by atoms with Crippen molar-refractivity contribution >= 4 is 18.9 Å². The fourth-order valence-corrected chi connectivity index (χ4v) is 1.52. The van der Waals surface area contributed by atoms with Crippen molar-refractivity contribution in [1.82, 2.24) is 0 Å². The molecular weight excluding hydrogens is 234 g/mol. The zero-order chi connectivity index (χ0) is 13.0. The zero-order valence-electron chi connectivity index (χ0n) is 9.42. The third-order valence-corrected chi connectivity index (χ3v) is 2.44. The summed E-state index contributed by atoms with van der Waals surface area (Å²) in [6, 6.07) is 12.8. The Balaban J connectivity index is 2.22. The van der Waals surface area contributed by atoms with Gasteiger partial charge in [0, 0.05) is 0 Å². The number of hydrogen-bond acceptors (Lipinski definition) is 3. The normalized spacial score (nSPS) is 9.89. The van der Waals surface area contributed by atoms with E-state index in [1.807, 2.05) is 0 Å². The fourth-order valence-electron chi connectivity index (χ4n) is 1.52. The molecule has 0 fully saturated rings. The Kier molecular flexibility index (Phi) is 3.74. The largest absolute Gasteiger partial charge is 0.560 e. The molecule has 1 N–H and O–H groups in total. The number of aldehydes is 1. The van der Waals surface area contributed by atoms with Gasteiger partial charge in [0.2, 0.25) is 0 Å². The summed E-state index contributed by atoms with van der Waals surface area (Å²) in [7, 11) is -1.28. The molecule has 2 rings (SSSR count). The van der Waals surface area contributed by atoms with Crippen molar-refractivity contribution in [3.8, 4) is 5.75 Å². The third kappa shape index (κ3) is 2.57. The van der Waals surface area contributed by atoms with E-state index in [9.17, 15) is 14.2 Å². The van der Waals surface area contributed by atoms with Crippen molar-refractivity contribution in [2.24, 2.45) is 0 Å². The molecule has 18 heavy (non-hydrogen) atoms. The van der Waals surface area contributed by atoms with Crippen LogP contribution in [0.15, 0.2) is 48.5 Å². The quantitative estimate of drug-likeness (QED) is 0.653. The number of carbonyl (C=O) groups is 1. The molecule has 90 valence electrons. The van der Waals surface area contributed by atoms with Gasteiger partial charge in [-0.05, 0) is 17.6 Å². The maximum absolute atomic E-state index is 13.7. The van der Waals surface area contributed by atoms with Crippen LogP contribution in [-0.2, 0) is 0 Å². The molecule has 0 bridgehead atoms. The average molecular weight is 244 g/mol. The van der Waals surface area contributed by atoms with Crippen LogP contribution in [0.4, 0.5) is 4.39 Å². The van der Waals surface area contributed by atoms with Crippen molar-refractivity contribution in [2.45, 2.75) is 0 Å². The van der Waals surface area contributed by atoms with Gasteiger partial charge < -0.3 is 9.68 Å². The van der Waals surface area contributed by atoms with Crippen molar-refractivity contribution < 1.29 is 18.9 Å². The predicted molar refractivity (Wildman–Crippen MR) is 66.5 cm³/mol. The van der Waals surface area contributed by atoms with Crippen LogP contribution in [0.3, 0.4) is 0 Å². The molecule has 0 heterocycles. The summed E-state index contributed by atoms with van der Waals surface area (Å²) in [6.45, 7) is 0. The molecule has 0 aliphatic carbocycles. The molecule has 0 aliphatic rings. The monoisotopic (exact) mass is 244 g/mol. The molecule has 0 aromatic heterocycles. The first-order chi connectivity index (χ1) is 8.72. The molecule has 0 radical (unpaired) electrons.